The second-order valence-corrected chi connectivity index (χ2v) is 7.41. The molecular formula is C25H28N4O4. The van der Waals surface area contributed by atoms with Crippen LogP contribution in [0.5, 0.6) is 0 Å². The molecule has 0 spiro atoms. The van der Waals surface area contributed by atoms with Crippen molar-refractivity contribution in [1.29, 1.82) is 0 Å². The van der Waals surface area contributed by atoms with Crippen molar-refractivity contribution in [3.8, 4) is 0 Å². The minimum Gasteiger partial charge on any atom is -0.445 e. The van der Waals surface area contributed by atoms with Gasteiger partial charge in [0.05, 0.1) is 24.0 Å². The summed E-state index contributed by atoms with van der Waals surface area (Å²) in [6.45, 7) is 1.99. The minimum absolute atomic E-state index is 0.113. The Labute approximate surface area is 193 Å². The molecule has 1 atom stereocenters. The molecule has 8 heteroatoms. The molecule has 1 aromatic heterocycles. The molecule has 4 N–H and O–H groups in total. The van der Waals surface area contributed by atoms with Crippen molar-refractivity contribution < 1.29 is 19.4 Å². The first-order chi connectivity index (χ1) is 16.0. The Balaban J connectivity index is 1.70. The zero-order chi connectivity index (χ0) is 23.6. The van der Waals surface area contributed by atoms with Crippen molar-refractivity contribution in [2.24, 2.45) is 0 Å². The average molecular weight is 449 g/mol. The average Bonchev–Trinajstić information content (AvgIpc) is 2.85. The van der Waals surface area contributed by atoms with Gasteiger partial charge in [-0.1, -0.05) is 31.2 Å². The van der Waals surface area contributed by atoms with Crippen LogP contribution in [-0.4, -0.2) is 40.1 Å². The molecule has 3 aromatic rings. The highest BCUT2D eigenvalue weighted by Crippen LogP contribution is 2.26. The van der Waals surface area contributed by atoms with Gasteiger partial charge in [0.15, 0.2) is 0 Å². The van der Waals surface area contributed by atoms with Crippen molar-refractivity contribution in [2.75, 3.05) is 24.2 Å². The highest BCUT2D eigenvalue weighted by molar-refractivity contribution is 6.05. The number of carbonyl (C=O) groups is 2. The van der Waals surface area contributed by atoms with Crippen molar-refractivity contribution >= 4 is 23.4 Å². The van der Waals surface area contributed by atoms with E-state index in [0.29, 0.717) is 23.4 Å². The lowest BCUT2D eigenvalue weighted by atomic mass is 10.0. The third-order valence-electron chi connectivity index (χ3n) is 5.22. The summed E-state index contributed by atoms with van der Waals surface area (Å²) >= 11 is 0. The van der Waals surface area contributed by atoms with E-state index in [1.807, 2.05) is 6.92 Å². The molecule has 0 unspecified atom stereocenters. The van der Waals surface area contributed by atoms with Crippen molar-refractivity contribution in [2.45, 2.75) is 26.0 Å². The molecule has 0 aliphatic carbocycles. The molecule has 0 aliphatic rings. The number of amides is 2. The second kappa shape index (κ2) is 11.6. The van der Waals surface area contributed by atoms with Gasteiger partial charge in [-0.05, 0) is 53.9 Å². The summed E-state index contributed by atoms with van der Waals surface area (Å²) in [7, 11) is 0. The Morgan fingerprint density at radius 3 is 2.42 bits per heavy atom. The van der Waals surface area contributed by atoms with Gasteiger partial charge in [-0.25, -0.2) is 4.79 Å². The predicted octanol–water partition coefficient (Wildman–Crippen LogP) is 4.00. The van der Waals surface area contributed by atoms with Gasteiger partial charge < -0.3 is 20.9 Å². The Bertz CT molecular complexity index is 1060. The SMILES string of the molecule is CC[C@@H](c1ccc(C(=O)Nc2ccccc2N)cc1)N(CCO)C(=O)OCc1ccncc1. The summed E-state index contributed by atoms with van der Waals surface area (Å²) in [6, 6.07) is 17.3. The monoisotopic (exact) mass is 448 g/mol. The van der Waals surface area contributed by atoms with Gasteiger partial charge in [-0.2, -0.15) is 0 Å². The standard InChI is InChI=1S/C25H28N4O4/c1-2-23(29(15-16-30)25(32)33-17-18-11-13-27-14-12-18)19-7-9-20(10-8-19)24(31)28-22-6-4-3-5-21(22)26/h3-14,23,30H,2,15-17,26H2,1H3,(H,28,31)/t23-/m0/s1. The number of anilines is 2. The molecule has 0 bridgehead atoms. The summed E-state index contributed by atoms with van der Waals surface area (Å²) < 4.78 is 5.46. The van der Waals surface area contributed by atoms with E-state index in [1.165, 1.54) is 4.90 Å². The maximum Gasteiger partial charge on any atom is 0.410 e. The fourth-order valence-corrected chi connectivity index (χ4v) is 3.49. The third kappa shape index (κ3) is 6.30. The molecule has 3 rings (SSSR count). The molecular weight excluding hydrogens is 420 g/mol. The summed E-state index contributed by atoms with van der Waals surface area (Å²) in [5.74, 6) is -0.281. The number of ether oxygens (including phenoxy) is 1. The fraction of sp³-hybridized carbons (Fsp3) is 0.240. The van der Waals surface area contributed by atoms with Crippen LogP contribution in [0.15, 0.2) is 73.1 Å². The van der Waals surface area contributed by atoms with Crippen molar-refractivity contribution in [3.63, 3.8) is 0 Å². The zero-order valence-electron chi connectivity index (χ0n) is 18.5. The van der Waals surface area contributed by atoms with E-state index < -0.39 is 6.09 Å². The van der Waals surface area contributed by atoms with Crippen LogP contribution in [0.25, 0.3) is 0 Å². The van der Waals surface area contributed by atoms with Gasteiger partial charge >= 0.3 is 6.09 Å². The predicted molar refractivity (Wildman–Crippen MR) is 126 cm³/mol. The number of pyridine rings is 1. The molecule has 1 heterocycles. The Hall–Kier alpha value is -3.91. The minimum atomic E-state index is -0.519. The number of nitrogens with zero attached hydrogens (tertiary/aromatic N) is 2. The van der Waals surface area contributed by atoms with Gasteiger partial charge in [0.2, 0.25) is 0 Å². The largest absolute Gasteiger partial charge is 0.445 e. The van der Waals surface area contributed by atoms with Gasteiger partial charge in [-0.3, -0.25) is 14.7 Å². The third-order valence-corrected chi connectivity index (χ3v) is 5.22. The lowest BCUT2D eigenvalue weighted by molar-refractivity contribution is 0.0702. The van der Waals surface area contributed by atoms with Crippen LogP contribution in [0.4, 0.5) is 16.2 Å². The smallest absolute Gasteiger partial charge is 0.410 e. The molecule has 8 nitrogen and oxygen atoms in total. The number of nitrogens with two attached hydrogens (primary N) is 1. The van der Waals surface area contributed by atoms with Crippen LogP contribution in [0.2, 0.25) is 0 Å². The fourth-order valence-electron chi connectivity index (χ4n) is 3.49. The zero-order valence-corrected chi connectivity index (χ0v) is 18.5. The summed E-state index contributed by atoms with van der Waals surface area (Å²) in [6.07, 6.45) is 3.35. The number of rotatable bonds is 9. The molecule has 0 saturated heterocycles. The quantitative estimate of drug-likeness (QED) is 0.426. The number of hydrogen-bond donors (Lipinski definition) is 3. The number of para-hydroxylation sites is 2. The normalized spacial score (nSPS) is 11.5. The van der Waals surface area contributed by atoms with E-state index in [1.54, 1.807) is 73.1 Å². The van der Waals surface area contributed by atoms with E-state index in [-0.39, 0.29) is 31.7 Å². The van der Waals surface area contributed by atoms with Gasteiger partial charge in [-0.15, -0.1) is 0 Å². The molecule has 2 aromatic carbocycles. The number of aliphatic hydroxyl groups is 1. The number of benzene rings is 2. The van der Waals surface area contributed by atoms with Crippen LogP contribution in [0.1, 0.15) is 40.9 Å². The molecule has 0 saturated carbocycles. The molecule has 2 amide bonds. The number of nitrogens with one attached hydrogen (secondary N) is 1. The van der Waals surface area contributed by atoms with Crippen LogP contribution in [0, 0.1) is 0 Å². The molecule has 0 fully saturated rings. The van der Waals surface area contributed by atoms with Crippen LogP contribution in [-0.2, 0) is 11.3 Å². The Morgan fingerprint density at radius 2 is 1.79 bits per heavy atom. The van der Waals surface area contributed by atoms with E-state index in [0.717, 1.165) is 11.1 Å². The lowest BCUT2D eigenvalue weighted by Crippen LogP contribution is -2.37. The van der Waals surface area contributed by atoms with Crippen LogP contribution < -0.4 is 11.1 Å². The van der Waals surface area contributed by atoms with Crippen molar-refractivity contribution in [3.05, 3.63) is 89.7 Å². The molecule has 0 aliphatic heterocycles. The number of carbonyl (C=O) groups excluding carboxylic acids is 2. The Kier molecular flexibility index (Phi) is 8.37. The lowest BCUT2D eigenvalue weighted by Gasteiger charge is -2.30. The maximum absolute atomic E-state index is 12.8. The molecule has 0 radical (unpaired) electrons. The second-order valence-electron chi connectivity index (χ2n) is 7.41. The van der Waals surface area contributed by atoms with Gasteiger partial charge in [0.1, 0.15) is 6.61 Å². The maximum atomic E-state index is 12.8. The molecule has 172 valence electrons. The highest BCUT2D eigenvalue weighted by Gasteiger charge is 2.25. The van der Waals surface area contributed by atoms with Gasteiger partial charge in [0, 0.05) is 24.5 Å². The van der Waals surface area contributed by atoms with E-state index in [9.17, 15) is 14.7 Å². The number of hydrogen-bond acceptors (Lipinski definition) is 6. The van der Waals surface area contributed by atoms with E-state index >= 15 is 0 Å². The van der Waals surface area contributed by atoms with Crippen molar-refractivity contribution in [1.82, 2.24) is 9.88 Å². The highest BCUT2D eigenvalue weighted by atomic mass is 16.6. The Morgan fingerprint density at radius 1 is 1.09 bits per heavy atom. The first-order valence-electron chi connectivity index (χ1n) is 10.7. The number of aliphatic hydroxyl groups excluding tert-OH is 1. The first kappa shape index (κ1) is 23.7. The van der Waals surface area contributed by atoms with Crippen LogP contribution >= 0.6 is 0 Å². The van der Waals surface area contributed by atoms with Crippen LogP contribution in [0.3, 0.4) is 0 Å². The summed E-state index contributed by atoms with van der Waals surface area (Å²) in [5.41, 5.74) is 9.05. The first-order valence-corrected chi connectivity index (χ1v) is 10.7. The van der Waals surface area contributed by atoms with Gasteiger partial charge in [0.25, 0.3) is 5.91 Å². The molecule has 33 heavy (non-hydrogen) atoms. The summed E-state index contributed by atoms with van der Waals surface area (Å²) in [5, 5.41) is 12.3. The topological polar surface area (TPSA) is 118 Å². The summed E-state index contributed by atoms with van der Waals surface area (Å²) in [4.78, 5) is 30.8. The van der Waals surface area contributed by atoms with E-state index in [2.05, 4.69) is 10.3 Å². The number of nitrogen functional groups attached to an aromatic ring is 1. The van der Waals surface area contributed by atoms with E-state index in [4.69, 9.17) is 10.5 Å². The number of aromatic nitrogens is 1.